The lowest BCUT2D eigenvalue weighted by atomic mass is 9.99. The predicted molar refractivity (Wildman–Crippen MR) is 86.3 cm³/mol. The fourth-order valence-corrected chi connectivity index (χ4v) is 2.39. The minimum absolute atomic E-state index is 0.258. The summed E-state index contributed by atoms with van der Waals surface area (Å²) in [6.45, 7) is 0. The van der Waals surface area contributed by atoms with E-state index in [1.54, 1.807) is 12.1 Å². The normalized spacial score (nSPS) is 10.1. The molecular weight excluding hydrogens is 291 g/mol. The zero-order chi connectivity index (χ0) is 16.2. The van der Waals surface area contributed by atoms with Gasteiger partial charge in [0, 0.05) is 11.1 Å². The lowest BCUT2D eigenvalue weighted by Crippen LogP contribution is -1.97. The third-order valence-electron chi connectivity index (χ3n) is 3.52. The van der Waals surface area contributed by atoms with Crippen molar-refractivity contribution in [3.63, 3.8) is 0 Å². The molecule has 4 heteroatoms. The summed E-state index contributed by atoms with van der Waals surface area (Å²) in [5.74, 6) is -0.0651. The number of pyridine rings is 1. The summed E-state index contributed by atoms with van der Waals surface area (Å²) in [6.07, 6.45) is 0. The fraction of sp³-hybridized carbons (Fsp3) is 0.0526. The van der Waals surface area contributed by atoms with E-state index in [-0.39, 0.29) is 11.7 Å². The van der Waals surface area contributed by atoms with Crippen LogP contribution in [0.4, 0.5) is 4.39 Å². The molecule has 0 amide bonds. The SMILES string of the molecule is COc1nc(-c2ccccc2)cc(-c2ccc(F)cc2)c1C#N. The maximum absolute atomic E-state index is 13.2. The van der Waals surface area contributed by atoms with Crippen molar-refractivity contribution in [1.29, 1.82) is 5.26 Å². The highest BCUT2D eigenvalue weighted by molar-refractivity contribution is 5.77. The second-order valence-corrected chi connectivity index (χ2v) is 4.92. The molecule has 0 radical (unpaired) electrons. The highest BCUT2D eigenvalue weighted by Crippen LogP contribution is 2.33. The summed E-state index contributed by atoms with van der Waals surface area (Å²) in [7, 11) is 1.48. The first kappa shape index (κ1) is 14.7. The number of ether oxygens (including phenoxy) is 1. The van der Waals surface area contributed by atoms with Gasteiger partial charge < -0.3 is 4.74 Å². The van der Waals surface area contributed by atoms with Crippen molar-refractivity contribution in [2.75, 3.05) is 7.11 Å². The van der Waals surface area contributed by atoms with Gasteiger partial charge in [-0.25, -0.2) is 9.37 Å². The van der Waals surface area contributed by atoms with Gasteiger partial charge in [-0.3, -0.25) is 0 Å². The van der Waals surface area contributed by atoms with Gasteiger partial charge in [-0.1, -0.05) is 42.5 Å². The molecule has 1 heterocycles. The van der Waals surface area contributed by atoms with Crippen molar-refractivity contribution in [2.45, 2.75) is 0 Å². The third kappa shape index (κ3) is 2.90. The molecule has 0 N–H and O–H groups in total. The molecule has 0 saturated heterocycles. The Labute approximate surface area is 133 Å². The molecule has 1 aromatic heterocycles. The maximum atomic E-state index is 13.2. The molecule has 0 spiro atoms. The van der Waals surface area contributed by atoms with Crippen LogP contribution in [0.25, 0.3) is 22.4 Å². The number of methoxy groups -OCH3 is 1. The second-order valence-electron chi connectivity index (χ2n) is 4.92. The Morgan fingerprint density at radius 2 is 1.70 bits per heavy atom. The molecule has 0 aliphatic rings. The number of hydrogen-bond donors (Lipinski definition) is 0. The Bertz CT molecular complexity index is 868. The Kier molecular flexibility index (Phi) is 4.03. The summed E-state index contributed by atoms with van der Waals surface area (Å²) < 4.78 is 18.4. The van der Waals surface area contributed by atoms with Gasteiger partial charge >= 0.3 is 0 Å². The molecule has 3 nitrogen and oxygen atoms in total. The fourth-order valence-electron chi connectivity index (χ4n) is 2.39. The number of aromatic nitrogens is 1. The van der Waals surface area contributed by atoms with Gasteiger partial charge in [-0.2, -0.15) is 5.26 Å². The van der Waals surface area contributed by atoms with Crippen LogP contribution < -0.4 is 4.74 Å². The van der Waals surface area contributed by atoms with Gasteiger partial charge in [0.15, 0.2) is 0 Å². The van der Waals surface area contributed by atoms with E-state index < -0.39 is 0 Å². The van der Waals surface area contributed by atoms with Crippen LogP contribution >= 0.6 is 0 Å². The van der Waals surface area contributed by atoms with Crippen LogP contribution in [0.2, 0.25) is 0 Å². The number of halogens is 1. The van der Waals surface area contributed by atoms with Crippen LogP contribution in [-0.2, 0) is 0 Å². The number of benzene rings is 2. The molecule has 0 bridgehead atoms. The molecule has 0 aliphatic carbocycles. The summed E-state index contributed by atoms with van der Waals surface area (Å²) in [5.41, 5.74) is 3.34. The third-order valence-corrected chi connectivity index (χ3v) is 3.52. The average molecular weight is 304 g/mol. The highest BCUT2D eigenvalue weighted by Gasteiger charge is 2.15. The van der Waals surface area contributed by atoms with Crippen LogP contribution in [-0.4, -0.2) is 12.1 Å². The first-order valence-corrected chi connectivity index (χ1v) is 7.03. The first-order valence-electron chi connectivity index (χ1n) is 7.03. The zero-order valence-corrected chi connectivity index (χ0v) is 12.5. The predicted octanol–water partition coefficient (Wildman–Crippen LogP) is 4.43. The molecule has 0 unspecified atom stereocenters. The molecule has 3 aromatic rings. The van der Waals surface area contributed by atoms with Crippen LogP contribution in [0.3, 0.4) is 0 Å². The van der Waals surface area contributed by atoms with Crippen molar-refractivity contribution in [3.05, 3.63) is 72.0 Å². The van der Waals surface area contributed by atoms with E-state index in [0.717, 1.165) is 11.1 Å². The standard InChI is InChI=1S/C19H13FN2O/c1-23-19-17(12-21)16(13-7-9-15(20)10-8-13)11-18(22-19)14-5-3-2-4-6-14/h2-11H,1H3. The first-order chi connectivity index (χ1) is 11.2. The molecule has 23 heavy (non-hydrogen) atoms. The van der Waals surface area contributed by atoms with E-state index in [1.165, 1.54) is 19.2 Å². The van der Waals surface area contributed by atoms with E-state index in [2.05, 4.69) is 11.1 Å². The molecular formula is C19H13FN2O. The summed E-state index contributed by atoms with van der Waals surface area (Å²) >= 11 is 0. The van der Waals surface area contributed by atoms with Crippen molar-refractivity contribution >= 4 is 0 Å². The summed E-state index contributed by atoms with van der Waals surface area (Å²) in [4.78, 5) is 4.42. The monoisotopic (exact) mass is 304 g/mol. The number of rotatable bonds is 3. The van der Waals surface area contributed by atoms with Gasteiger partial charge in [-0.15, -0.1) is 0 Å². The number of nitrogens with zero attached hydrogens (tertiary/aromatic N) is 2. The Morgan fingerprint density at radius 1 is 1.00 bits per heavy atom. The van der Waals surface area contributed by atoms with Crippen LogP contribution in [0.5, 0.6) is 5.88 Å². The summed E-state index contributed by atoms with van der Waals surface area (Å²) in [6, 6.07) is 19.6. The van der Waals surface area contributed by atoms with Crippen molar-refractivity contribution in [2.24, 2.45) is 0 Å². The minimum atomic E-state index is -0.323. The molecule has 112 valence electrons. The molecule has 3 rings (SSSR count). The van der Waals surface area contributed by atoms with E-state index >= 15 is 0 Å². The average Bonchev–Trinajstić information content (AvgIpc) is 2.62. The number of nitriles is 1. The summed E-state index contributed by atoms with van der Waals surface area (Å²) in [5, 5.41) is 9.46. The van der Waals surface area contributed by atoms with E-state index in [1.807, 2.05) is 36.4 Å². The van der Waals surface area contributed by atoms with Gasteiger partial charge in [0.25, 0.3) is 0 Å². The Morgan fingerprint density at radius 3 is 2.30 bits per heavy atom. The van der Waals surface area contributed by atoms with E-state index in [4.69, 9.17) is 4.74 Å². The van der Waals surface area contributed by atoms with E-state index in [0.29, 0.717) is 16.8 Å². The van der Waals surface area contributed by atoms with Gasteiger partial charge in [0.05, 0.1) is 12.8 Å². The maximum Gasteiger partial charge on any atom is 0.232 e. The quantitative estimate of drug-likeness (QED) is 0.719. The molecule has 0 aliphatic heterocycles. The lowest BCUT2D eigenvalue weighted by Gasteiger charge is -2.11. The lowest BCUT2D eigenvalue weighted by molar-refractivity contribution is 0.397. The van der Waals surface area contributed by atoms with Gasteiger partial charge in [0.2, 0.25) is 5.88 Å². The smallest absolute Gasteiger partial charge is 0.232 e. The topological polar surface area (TPSA) is 45.9 Å². The largest absolute Gasteiger partial charge is 0.480 e. The van der Waals surface area contributed by atoms with Crippen molar-refractivity contribution < 1.29 is 9.13 Å². The number of hydrogen-bond acceptors (Lipinski definition) is 3. The second kappa shape index (κ2) is 6.29. The minimum Gasteiger partial charge on any atom is -0.480 e. The van der Waals surface area contributed by atoms with Crippen LogP contribution in [0.15, 0.2) is 60.7 Å². The molecule has 2 aromatic carbocycles. The Balaban J connectivity index is 2.25. The highest BCUT2D eigenvalue weighted by atomic mass is 19.1. The van der Waals surface area contributed by atoms with Crippen molar-refractivity contribution in [1.82, 2.24) is 4.98 Å². The van der Waals surface area contributed by atoms with Crippen molar-refractivity contribution in [3.8, 4) is 34.3 Å². The molecule has 0 saturated carbocycles. The Hall–Kier alpha value is -3.19. The van der Waals surface area contributed by atoms with Crippen LogP contribution in [0.1, 0.15) is 5.56 Å². The zero-order valence-electron chi connectivity index (χ0n) is 12.5. The molecule has 0 atom stereocenters. The van der Waals surface area contributed by atoms with Gasteiger partial charge in [0.1, 0.15) is 17.4 Å². The molecule has 0 fully saturated rings. The van der Waals surface area contributed by atoms with Gasteiger partial charge in [-0.05, 0) is 23.8 Å². The van der Waals surface area contributed by atoms with E-state index in [9.17, 15) is 9.65 Å². The van der Waals surface area contributed by atoms with Crippen LogP contribution in [0, 0.1) is 17.1 Å².